The van der Waals surface area contributed by atoms with Gasteiger partial charge in [-0.05, 0) is 59.4 Å². The van der Waals surface area contributed by atoms with Crippen molar-refractivity contribution >= 4 is 34.2 Å². The summed E-state index contributed by atoms with van der Waals surface area (Å²) in [5.41, 5.74) is 3.08. The highest BCUT2D eigenvalue weighted by molar-refractivity contribution is 6.30. The first-order valence-electron chi connectivity index (χ1n) is 13.3. The molecule has 0 aliphatic carbocycles. The van der Waals surface area contributed by atoms with Gasteiger partial charge in [0.05, 0.1) is 0 Å². The number of carbonyl (C=O) groups excluding carboxylic acids is 2. The predicted octanol–water partition coefficient (Wildman–Crippen LogP) is 6.98. The maximum Gasteiger partial charge on any atom is 0.243 e. The Kier molecular flexibility index (Phi) is 9.56. The minimum Gasteiger partial charge on any atom is -0.352 e. The highest BCUT2D eigenvalue weighted by Gasteiger charge is 2.30. The highest BCUT2D eigenvalue weighted by atomic mass is 35.5. The molecule has 0 radical (unpaired) electrons. The van der Waals surface area contributed by atoms with E-state index < -0.39 is 6.04 Å². The summed E-state index contributed by atoms with van der Waals surface area (Å²) in [4.78, 5) is 29.3. The average molecular weight is 527 g/mol. The van der Waals surface area contributed by atoms with E-state index in [0.717, 1.165) is 33.9 Å². The van der Waals surface area contributed by atoms with Crippen LogP contribution in [0.15, 0.2) is 97.1 Å². The van der Waals surface area contributed by atoms with E-state index in [2.05, 4.69) is 29.6 Å². The molecule has 1 N–H and O–H groups in total. The molecule has 0 spiro atoms. The van der Waals surface area contributed by atoms with E-state index in [1.807, 2.05) is 86.6 Å². The molecule has 2 unspecified atom stereocenters. The lowest BCUT2D eigenvalue weighted by atomic mass is 9.99. The molecular weight excluding hydrogens is 492 g/mol. The molecule has 5 heteroatoms. The summed E-state index contributed by atoms with van der Waals surface area (Å²) >= 11 is 6.12. The number of nitrogens with zero attached hydrogens (tertiary/aromatic N) is 1. The summed E-state index contributed by atoms with van der Waals surface area (Å²) < 4.78 is 0. The van der Waals surface area contributed by atoms with Gasteiger partial charge >= 0.3 is 0 Å². The van der Waals surface area contributed by atoms with Crippen molar-refractivity contribution in [3.8, 4) is 0 Å². The monoisotopic (exact) mass is 526 g/mol. The Bertz CT molecular complexity index is 1350. The summed E-state index contributed by atoms with van der Waals surface area (Å²) in [5.74, 6) is -0.177. The van der Waals surface area contributed by atoms with E-state index in [1.165, 1.54) is 0 Å². The molecule has 0 fully saturated rings. The van der Waals surface area contributed by atoms with Crippen molar-refractivity contribution in [1.29, 1.82) is 0 Å². The number of aryl methyl sites for hydroxylation is 1. The van der Waals surface area contributed by atoms with Crippen molar-refractivity contribution in [2.45, 2.75) is 58.2 Å². The minimum atomic E-state index is -0.637. The summed E-state index contributed by atoms with van der Waals surface area (Å²) in [6.07, 6.45) is 2.17. The average Bonchev–Trinajstić information content (AvgIpc) is 2.95. The Labute approximate surface area is 230 Å². The SMILES string of the molecule is CCC(C)NC(=O)C(Cc1ccccc1)N(Cc1ccc(Cl)cc1)C(=O)CCc1cccc2ccccc12. The van der Waals surface area contributed by atoms with Gasteiger partial charge in [0.2, 0.25) is 11.8 Å². The van der Waals surface area contributed by atoms with Crippen molar-refractivity contribution in [2.75, 3.05) is 0 Å². The van der Waals surface area contributed by atoms with Gasteiger partial charge in [0.15, 0.2) is 0 Å². The van der Waals surface area contributed by atoms with Gasteiger partial charge in [-0.1, -0.05) is 103 Å². The third kappa shape index (κ3) is 7.23. The largest absolute Gasteiger partial charge is 0.352 e. The molecule has 4 aromatic rings. The van der Waals surface area contributed by atoms with Crippen LogP contribution in [-0.4, -0.2) is 28.8 Å². The zero-order chi connectivity index (χ0) is 26.9. The lowest BCUT2D eigenvalue weighted by molar-refractivity contribution is -0.141. The molecule has 0 heterocycles. The second-order valence-corrected chi connectivity index (χ2v) is 10.2. The normalized spacial score (nSPS) is 12.6. The Morgan fingerprint density at radius 3 is 2.26 bits per heavy atom. The van der Waals surface area contributed by atoms with Crippen LogP contribution >= 0.6 is 11.6 Å². The molecule has 4 nitrogen and oxygen atoms in total. The van der Waals surface area contributed by atoms with Crippen molar-refractivity contribution < 1.29 is 9.59 Å². The molecule has 0 aromatic heterocycles. The fourth-order valence-corrected chi connectivity index (χ4v) is 4.80. The third-order valence-corrected chi connectivity index (χ3v) is 7.28. The van der Waals surface area contributed by atoms with E-state index in [0.29, 0.717) is 30.8 Å². The first-order valence-corrected chi connectivity index (χ1v) is 13.7. The maximum atomic E-state index is 13.9. The van der Waals surface area contributed by atoms with Crippen molar-refractivity contribution in [1.82, 2.24) is 10.2 Å². The zero-order valence-electron chi connectivity index (χ0n) is 22.1. The van der Waals surface area contributed by atoms with Gasteiger partial charge in [-0.2, -0.15) is 0 Å². The topological polar surface area (TPSA) is 49.4 Å². The predicted molar refractivity (Wildman–Crippen MR) is 156 cm³/mol. The number of rotatable bonds is 11. The van der Waals surface area contributed by atoms with Gasteiger partial charge < -0.3 is 10.2 Å². The summed E-state index contributed by atoms with van der Waals surface area (Å²) in [6.45, 7) is 4.36. The number of nitrogens with one attached hydrogen (secondary N) is 1. The number of hydrogen-bond acceptors (Lipinski definition) is 2. The number of amides is 2. The number of halogens is 1. The Balaban J connectivity index is 1.64. The Hall–Kier alpha value is -3.63. The second-order valence-electron chi connectivity index (χ2n) is 9.81. The molecule has 4 rings (SSSR count). The van der Waals surface area contributed by atoms with E-state index in [-0.39, 0.29) is 17.9 Å². The molecule has 2 atom stereocenters. The number of hydrogen-bond donors (Lipinski definition) is 1. The fraction of sp³-hybridized carbons (Fsp3) is 0.273. The highest BCUT2D eigenvalue weighted by Crippen LogP contribution is 2.22. The third-order valence-electron chi connectivity index (χ3n) is 7.03. The van der Waals surface area contributed by atoms with Gasteiger partial charge in [0.1, 0.15) is 6.04 Å². The molecular formula is C33H35ClN2O2. The lowest BCUT2D eigenvalue weighted by Crippen LogP contribution is -2.52. The summed E-state index contributed by atoms with van der Waals surface area (Å²) in [6, 6.07) is 31.2. The minimum absolute atomic E-state index is 0.0175. The molecule has 4 aromatic carbocycles. The first kappa shape index (κ1) is 27.4. The van der Waals surface area contributed by atoms with E-state index >= 15 is 0 Å². The van der Waals surface area contributed by atoms with Gasteiger partial charge in [-0.3, -0.25) is 9.59 Å². The molecule has 0 aliphatic rings. The number of carbonyl (C=O) groups is 2. The molecule has 0 saturated heterocycles. The van der Waals surface area contributed by atoms with Crippen LogP contribution in [0.4, 0.5) is 0 Å². The quantitative estimate of drug-likeness (QED) is 0.229. The molecule has 38 heavy (non-hydrogen) atoms. The summed E-state index contributed by atoms with van der Waals surface area (Å²) in [5, 5.41) is 6.07. The Morgan fingerprint density at radius 2 is 1.53 bits per heavy atom. The van der Waals surface area contributed by atoms with E-state index in [9.17, 15) is 9.59 Å². The van der Waals surface area contributed by atoms with Crippen LogP contribution in [0.1, 0.15) is 43.4 Å². The number of fused-ring (bicyclic) bond motifs is 1. The lowest BCUT2D eigenvalue weighted by Gasteiger charge is -2.32. The molecule has 0 bridgehead atoms. The molecule has 0 saturated carbocycles. The van der Waals surface area contributed by atoms with Crippen LogP contribution in [0.25, 0.3) is 10.8 Å². The smallest absolute Gasteiger partial charge is 0.243 e. The molecule has 2 amide bonds. The van der Waals surface area contributed by atoms with Gasteiger partial charge in [0, 0.05) is 30.5 Å². The fourth-order valence-electron chi connectivity index (χ4n) is 4.68. The first-order chi connectivity index (χ1) is 18.4. The van der Waals surface area contributed by atoms with Crippen molar-refractivity contribution in [2.24, 2.45) is 0 Å². The van der Waals surface area contributed by atoms with Crippen LogP contribution in [-0.2, 0) is 29.0 Å². The maximum absolute atomic E-state index is 13.9. The zero-order valence-corrected chi connectivity index (χ0v) is 22.8. The number of benzene rings is 4. The standard InChI is InChI=1S/C33H35ClN2O2/c1-3-24(2)35-33(38)31(22-25-10-5-4-6-11-25)36(23-26-16-19-29(34)20-17-26)32(37)21-18-28-14-9-13-27-12-7-8-15-30(27)28/h4-17,19-20,24,31H,3,18,21-23H2,1-2H3,(H,35,38). The van der Waals surface area contributed by atoms with E-state index in [1.54, 1.807) is 4.90 Å². The van der Waals surface area contributed by atoms with Crippen LogP contribution in [0.5, 0.6) is 0 Å². The van der Waals surface area contributed by atoms with Crippen molar-refractivity contribution in [3.05, 3.63) is 119 Å². The van der Waals surface area contributed by atoms with Crippen LogP contribution in [0, 0.1) is 0 Å². The van der Waals surface area contributed by atoms with Crippen molar-refractivity contribution in [3.63, 3.8) is 0 Å². The second kappa shape index (κ2) is 13.3. The van der Waals surface area contributed by atoms with Crippen LogP contribution in [0.2, 0.25) is 5.02 Å². The van der Waals surface area contributed by atoms with Crippen LogP contribution in [0.3, 0.4) is 0 Å². The van der Waals surface area contributed by atoms with E-state index in [4.69, 9.17) is 11.6 Å². The Morgan fingerprint density at radius 1 is 0.842 bits per heavy atom. The van der Waals surface area contributed by atoms with Crippen LogP contribution < -0.4 is 5.32 Å². The summed E-state index contributed by atoms with van der Waals surface area (Å²) in [7, 11) is 0. The molecule has 0 aliphatic heterocycles. The van der Waals surface area contributed by atoms with Gasteiger partial charge in [-0.15, -0.1) is 0 Å². The van der Waals surface area contributed by atoms with Gasteiger partial charge in [-0.25, -0.2) is 0 Å². The van der Waals surface area contributed by atoms with Gasteiger partial charge in [0.25, 0.3) is 0 Å². The molecule has 196 valence electrons.